The molecule has 1 fully saturated rings. The number of aliphatic hydroxyl groups is 1. The van der Waals surface area contributed by atoms with Crippen molar-refractivity contribution in [2.75, 3.05) is 44.3 Å². The summed E-state index contributed by atoms with van der Waals surface area (Å²) in [4.78, 5) is 22.4. The van der Waals surface area contributed by atoms with Gasteiger partial charge >= 0.3 is 5.97 Å². The molecule has 1 aliphatic heterocycles. The maximum atomic E-state index is 13.2. The Morgan fingerprint density at radius 2 is 1.69 bits per heavy atom. The largest absolute Gasteiger partial charge is 0.462 e. The average molecular weight is 497 g/mol. The van der Waals surface area contributed by atoms with E-state index in [0.717, 1.165) is 16.7 Å². The Bertz CT molecular complexity index is 1260. The van der Waals surface area contributed by atoms with E-state index < -0.39 is 16.0 Å². The topological polar surface area (TPSA) is 113 Å². The van der Waals surface area contributed by atoms with Gasteiger partial charge in [-0.15, -0.1) is 0 Å². The minimum absolute atomic E-state index is 0.0823. The summed E-state index contributed by atoms with van der Waals surface area (Å²) in [5.41, 5.74) is 3.19. The molecule has 0 unspecified atom stereocenters. The van der Waals surface area contributed by atoms with Crippen LogP contribution >= 0.6 is 0 Å². The molecule has 0 spiro atoms. The zero-order valence-electron chi connectivity index (χ0n) is 19.5. The number of aromatic nitrogens is 2. The summed E-state index contributed by atoms with van der Waals surface area (Å²) in [6.45, 7) is 3.57. The molecule has 0 aliphatic carbocycles. The van der Waals surface area contributed by atoms with Crippen LogP contribution in [-0.2, 0) is 21.2 Å². The summed E-state index contributed by atoms with van der Waals surface area (Å²) in [6, 6.07) is 14.7. The van der Waals surface area contributed by atoms with Gasteiger partial charge in [0.1, 0.15) is 0 Å². The minimum Gasteiger partial charge on any atom is -0.462 e. The number of benzene rings is 2. The number of carbonyl (C=O) groups is 1. The van der Waals surface area contributed by atoms with E-state index in [9.17, 15) is 13.2 Å². The molecule has 2 heterocycles. The minimum atomic E-state index is -3.64. The summed E-state index contributed by atoms with van der Waals surface area (Å²) in [5.74, 6) is -0.0262. The third-order valence-corrected chi connectivity index (χ3v) is 7.74. The van der Waals surface area contributed by atoms with Crippen molar-refractivity contribution in [3.63, 3.8) is 0 Å². The number of anilines is 1. The summed E-state index contributed by atoms with van der Waals surface area (Å²) < 4.78 is 32.8. The van der Waals surface area contributed by atoms with Gasteiger partial charge in [0.25, 0.3) is 0 Å². The van der Waals surface area contributed by atoms with Crippen LogP contribution in [0, 0.1) is 0 Å². The van der Waals surface area contributed by atoms with Gasteiger partial charge in [-0.05, 0) is 42.2 Å². The molecule has 1 aliphatic rings. The Morgan fingerprint density at radius 3 is 2.31 bits per heavy atom. The second kappa shape index (κ2) is 10.9. The Balaban J connectivity index is 1.40. The van der Waals surface area contributed by atoms with E-state index in [1.54, 1.807) is 31.2 Å². The standard InChI is InChI=1S/C25H28N4O5S/c1-2-34-24(31)22-17-26-25(27-18-22)28-11-13-29(14-12-28)35(32,33)23-8-6-20(7-9-23)21-5-3-4-19(16-21)10-15-30/h3-9,16-18,30H,2,10-15H2,1H3. The number of aliphatic hydroxyl groups excluding tert-OH is 1. The number of sulfonamides is 1. The molecule has 2 aromatic carbocycles. The van der Waals surface area contributed by atoms with E-state index in [4.69, 9.17) is 9.84 Å². The summed E-state index contributed by atoms with van der Waals surface area (Å²) in [7, 11) is -3.64. The van der Waals surface area contributed by atoms with Crippen molar-refractivity contribution in [1.82, 2.24) is 14.3 Å². The van der Waals surface area contributed by atoms with E-state index in [-0.39, 0.29) is 23.7 Å². The monoisotopic (exact) mass is 496 g/mol. The van der Waals surface area contributed by atoms with Crippen LogP contribution in [0.15, 0.2) is 65.8 Å². The Morgan fingerprint density at radius 1 is 1.00 bits per heavy atom. The molecule has 1 saturated heterocycles. The number of hydrogen-bond donors (Lipinski definition) is 1. The normalized spacial score (nSPS) is 14.6. The highest BCUT2D eigenvalue weighted by atomic mass is 32.2. The van der Waals surface area contributed by atoms with Crippen LogP contribution in [0.1, 0.15) is 22.8 Å². The van der Waals surface area contributed by atoms with E-state index in [1.807, 2.05) is 29.2 Å². The van der Waals surface area contributed by atoms with Crippen LogP contribution in [0.5, 0.6) is 0 Å². The van der Waals surface area contributed by atoms with Gasteiger partial charge in [0.05, 0.1) is 17.1 Å². The first-order chi connectivity index (χ1) is 16.9. The van der Waals surface area contributed by atoms with Crippen molar-refractivity contribution in [2.24, 2.45) is 0 Å². The maximum absolute atomic E-state index is 13.2. The van der Waals surface area contributed by atoms with Gasteiger partial charge in [-0.25, -0.2) is 23.2 Å². The Hall–Kier alpha value is -3.34. The molecule has 184 valence electrons. The van der Waals surface area contributed by atoms with Crippen molar-refractivity contribution in [2.45, 2.75) is 18.2 Å². The van der Waals surface area contributed by atoms with Crippen LogP contribution in [-0.4, -0.2) is 73.2 Å². The molecular formula is C25H28N4O5S. The second-order valence-electron chi connectivity index (χ2n) is 8.08. The molecule has 0 saturated carbocycles. The molecule has 0 atom stereocenters. The first-order valence-corrected chi connectivity index (χ1v) is 12.9. The molecule has 3 aromatic rings. The van der Waals surface area contributed by atoms with Crippen LogP contribution < -0.4 is 4.90 Å². The molecule has 0 bridgehead atoms. The molecule has 4 rings (SSSR count). The highest BCUT2D eigenvalue weighted by Gasteiger charge is 2.29. The average Bonchev–Trinajstić information content (AvgIpc) is 2.89. The first-order valence-electron chi connectivity index (χ1n) is 11.5. The lowest BCUT2D eigenvalue weighted by Crippen LogP contribution is -2.49. The van der Waals surface area contributed by atoms with Crippen molar-refractivity contribution in [3.05, 3.63) is 72.1 Å². The molecule has 0 amide bonds. The van der Waals surface area contributed by atoms with Crippen LogP contribution in [0.25, 0.3) is 11.1 Å². The van der Waals surface area contributed by atoms with E-state index in [2.05, 4.69) is 9.97 Å². The van der Waals surface area contributed by atoms with Gasteiger partial charge in [-0.2, -0.15) is 4.31 Å². The third-order valence-electron chi connectivity index (χ3n) is 5.82. The fourth-order valence-electron chi connectivity index (χ4n) is 3.94. The molecule has 9 nitrogen and oxygen atoms in total. The van der Waals surface area contributed by atoms with Crippen molar-refractivity contribution >= 4 is 21.9 Å². The number of rotatable bonds is 8. The molecule has 35 heavy (non-hydrogen) atoms. The predicted molar refractivity (Wildman–Crippen MR) is 132 cm³/mol. The molecular weight excluding hydrogens is 468 g/mol. The predicted octanol–water partition coefficient (Wildman–Crippen LogP) is 2.37. The first kappa shape index (κ1) is 24.8. The van der Waals surface area contributed by atoms with Gasteiger partial charge in [-0.1, -0.05) is 36.4 Å². The highest BCUT2D eigenvalue weighted by Crippen LogP contribution is 2.25. The summed E-state index contributed by atoms with van der Waals surface area (Å²) in [5, 5.41) is 9.16. The van der Waals surface area contributed by atoms with Gasteiger partial charge in [0, 0.05) is 45.2 Å². The zero-order chi connectivity index (χ0) is 24.8. The van der Waals surface area contributed by atoms with Gasteiger partial charge in [0.2, 0.25) is 16.0 Å². The maximum Gasteiger partial charge on any atom is 0.341 e. The van der Waals surface area contributed by atoms with Crippen molar-refractivity contribution < 1.29 is 23.1 Å². The molecule has 0 radical (unpaired) electrons. The molecule has 10 heteroatoms. The number of esters is 1. The quantitative estimate of drug-likeness (QED) is 0.473. The zero-order valence-corrected chi connectivity index (χ0v) is 20.3. The number of hydrogen-bond acceptors (Lipinski definition) is 8. The van der Waals surface area contributed by atoms with E-state index in [0.29, 0.717) is 38.5 Å². The van der Waals surface area contributed by atoms with Gasteiger partial charge in [0.15, 0.2) is 0 Å². The van der Waals surface area contributed by atoms with Gasteiger partial charge in [-0.3, -0.25) is 0 Å². The fourth-order valence-corrected chi connectivity index (χ4v) is 5.36. The van der Waals surface area contributed by atoms with Crippen molar-refractivity contribution in [1.29, 1.82) is 0 Å². The third kappa shape index (κ3) is 5.67. The second-order valence-corrected chi connectivity index (χ2v) is 10.0. The lowest BCUT2D eigenvalue weighted by molar-refractivity contribution is 0.0525. The Kier molecular flexibility index (Phi) is 7.74. The number of carbonyl (C=O) groups excluding carboxylic acids is 1. The highest BCUT2D eigenvalue weighted by molar-refractivity contribution is 7.89. The lowest BCUT2D eigenvalue weighted by Gasteiger charge is -2.34. The van der Waals surface area contributed by atoms with E-state index >= 15 is 0 Å². The van der Waals surface area contributed by atoms with Gasteiger partial charge < -0.3 is 14.7 Å². The SMILES string of the molecule is CCOC(=O)c1cnc(N2CCN(S(=O)(=O)c3ccc(-c4cccc(CCO)c4)cc3)CC2)nc1. The Labute approximate surface area is 205 Å². The number of piperazine rings is 1. The number of ether oxygens (including phenoxy) is 1. The van der Waals surface area contributed by atoms with E-state index in [1.165, 1.54) is 16.7 Å². The summed E-state index contributed by atoms with van der Waals surface area (Å²) >= 11 is 0. The van der Waals surface area contributed by atoms with Crippen LogP contribution in [0.2, 0.25) is 0 Å². The molecule has 1 aromatic heterocycles. The fraction of sp³-hybridized carbons (Fsp3) is 0.320. The lowest BCUT2D eigenvalue weighted by atomic mass is 10.0. The smallest absolute Gasteiger partial charge is 0.341 e. The number of nitrogens with zero attached hydrogens (tertiary/aromatic N) is 4. The molecule has 1 N–H and O–H groups in total. The van der Waals surface area contributed by atoms with Crippen molar-refractivity contribution in [3.8, 4) is 11.1 Å². The van der Waals surface area contributed by atoms with Crippen LogP contribution in [0.3, 0.4) is 0 Å². The summed E-state index contributed by atoms with van der Waals surface area (Å²) in [6.07, 6.45) is 3.42. The van der Waals surface area contributed by atoms with Crippen LogP contribution in [0.4, 0.5) is 5.95 Å².